The Bertz CT molecular complexity index is 284. The lowest BCUT2D eigenvalue weighted by atomic mass is 9.99. The predicted molar refractivity (Wildman–Crippen MR) is 52.8 cm³/mol. The van der Waals surface area contributed by atoms with Gasteiger partial charge in [-0.15, -0.1) is 0 Å². The zero-order valence-electron chi connectivity index (χ0n) is 6.92. The summed E-state index contributed by atoms with van der Waals surface area (Å²) in [6.45, 7) is 2.06. The fourth-order valence-electron chi connectivity index (χ4n) is 1.05. The molecule has 0 aliphatic carbocycles. The van der Waals surface area contributed by atoms with E-state index in [4.69, 9.17) is 5.26 Å². The highest BCUT2D eigenvalue weighted by Gasteiger charge is 2.03. The van der Waals surface area contributed by atoms with Crippen molar-refractivity contribution in [2.75, 3.05) is 0 Å². The standard InChI is InChI=1S/C10H10BrN/c1-8(6-7-12)9-2-4-10(11)5-3-9/h2-5,8H,6H2,1H3. The minimum absolute atomic E-state index is 0.336. The number of hydrogen-bond donors (Lipinski definition) is 0. The number of nitrogens with zero attached hydrogens (tertiary/aromatic N) is 1. The Morgan fingerprint density at radius 3 is 2.50 bits per heavy atom. The van der Waals surface area contributed by atoms with Gasteiger partial charge < -0.3 is 0 Å². The maximum Gasteiger partial charge on any atom is 0.0628 e. The van der Waals surface area contributed by atoms with E-state index in [1.165, 1.54) is 5.56 Å². The topological polar surface area (TPSA) is 23.8 Å². The van der Waals surface area contributed by atoms with Crippen molar-refractivity contribution < 1.29 is 0 Å². The van der Waals surface area contributed by atoms with Crippen molar-refractivity contribution in [1.82, 2.24) is 0 Å². The van der Waals surface area contributed by atoms with Gasteiger partial charge in [-0.25, -0.2) is 0 Å². The van der Waals surface area contributed by atoms with Crippen LogP contribution in [0.15, 0.2) is 28.7 Å². The number of hydrogen-bond acceptors (Lipinski definition) is 1. The van der Waals surface area contributed by atoms with Gasteiger partial charge >= 0.3 is 0 Å². The summed E-state index contributed by atoms with van der Waals surface area (Å²) in [5, 5.41) is 8.49. The second-order valence-electron chi connectivity index (χ2n) is 2.81. The van der Waals surface area contributed by atoms with Crippen LogP contribution in [0.3, 0.4) is 0 Å². The van der Waals surface area contributed by atoms with Crippen LogP contribution in [0, 0.1) is 11.3 Å². The highest BCUT2D eigenvalue weighted by atomic mass is 79.9. The molecule has 1 aromatic rings. The van der Waals surface area contributed by atoms with Crippen LogP contribution in [-0.4, -0.2) is 0 Å². The molecule has 0 fully saturated rings. The Kier molecular flexibility index (Phi) is 3.31. The number of halogens is 1. The summed E-state index contributed by atoms with van der Waals surface area (Å²) in [7, 11) is 0. The summed E-state index contributed by atoms with van der Waals surface area (Å²) in [4.78, 5) is 0. The van der Waals surface area contributed by atoms with Crippen LogP contribution < -0.4 is 0 Å². The zero-order chi connectivity index (χ0) is 8.97. The van der Waals surface area contributed by atoms with Gasteiger partial charge in [0.05, 0.1) is 6.07 Å². The first kappa shape index (κ1) is 9.28. The maximum absolute atomic E-state index is 8.49. The molecule has 0 bridgehead atoms. The monoisotopic (exact) mass is 223 g/mol. The fourth-order valence-corrected chi connectivity index (χ4v) is 1.31. The first-order valence-electron chi connectivity index (χ1n) is 3.86. The molecule has 62 valence electrons. The van der Waals surface area contributed by atoms with Crippen LogP contribution in [0.1, 0.15) is 24.8 Å². The molecule has 0 aromatic heterocycles. The fraction of sp³-hybridized carbons (Fsp3) is 0.300. The smallest absolute Gasteiger partial charge is 0.0628 e. The normalized spacial score (nSPS) is 12.1. The molecule has 1 nitrogen and oxygen atoms in total. The van der Waals surface area contributed by atoms with Crippen LogP contribution in [0.5, 0.6) is 0 Å². The van der Waals surface area contributed by atoms with Gasteiger partial charge in [-0.2, -0.15) is 5.26 Å². The summed E-state index contributed by atoms with van der Waals surface area (Å²) in [6, 6.07) is 10.3. The quantitative estimate of drug-likeness (QED) is 0.754. The lowest BCUT2D eigenvalue weighted by Crippen LogP contribution is -1.90. The van der Waals surface area contributed by atoms with Crippen molar-refractivity contribution in [2.45, 2.75) is 19.3 Å². The summed E-state index contributed by atoms with van der Waals surface area (Å²) in [5.41, 5.74) is 1.22. The molecule has 0 aliphatic rings. The van der Waals surface area contributed by atoms with E-state index >= 15 is 0 Å². The molecule has 1 aromatic carbocycles. The summed E-state index contributed by atoms with van der Waals surface area (Å²) in [6.07, 6.45) is 0.585. The first-order valence-corrected chi connectivity index (χ1v) is 4.65. The Balaban J connectivity index is 2.76. The van der Waals surface area contributed by atoms with E-state index in [2.05, 4.69) is 28.9 Å². The van der Waals surface area contributed by atoms with Crippen molar-refractivity contribution in [2.24, 2.45) is 0 Å². The lowest BCUT2D eigenvalue weighted by molar-refractivity contribution is 0.789. The highest BCUT2D eigenvalue weighted by molar-refractivity contribution is 9.10. The van der Waals surface area contributed by atoms with Gasteiger partial charge in [-0.05, 0) is 23.6 Å². The molecular formula is C10H10BrN. The van der Waals surface area contributed by atoms with Crippen LogP contribution in [0.2, 0.25) is 0 Å². The number of benzene rings is 1. The molecule has 0 saturated heterocycles. The van der Waals surface area contributed by atoms with E-state index in [9.17, 15) is 0 Å². The van der Waals surface area contributed by atoms with Crippen LogP contribution in [0.25, 0.3) is 0 Å². The van der Waals surface area contributed by atoms with Crippen molar-refractivity contribution in [3.63, 3.8) is 0 Å². The van der Waals surface area contributed by atoms with E-state index in [0.29, 0.717) is 12.3 Å². The SMILES string of the molecule is CC(CC#N)c1ccc(Br)cc1. The van der Waals surface area contributed by atoms with Crippen molar-refractivity contribution in [3.05, 3.63) is 34.3 Å². The van der Waals surface area contributed by atoms with Crippen LogP contribution >= 0.6 is 15.9 Å². The van der Waals surface area contributed by atoms with E-state index in [1.807, 2.05) is 24.3 Å². The van der Waals surface area contributed by atoms with Crippen LogP contribution in [-0.2, 0) is 0 Å². The zero-order valence-corrected chi connectivity index (χ0v) is 8.51. The average Bonchev–Trinajstić information content (AvgIpc) is 2.06. The Hall–Kier alpha value is -0.810. The predicted octanol–water partition coefficient (Wildman–Crippen LogP) is 3.47. The molecule has 1 rings (SSSR count). The van der Waals surface area contributed by atoms with Gasteiger partial charge in [-0.1, -0.05) is 35.0 Å². The molecule has 1 atom stereocenters. The Morgan fingerprint density at radius 2 is 2.00 bits per heavy atom. The van der Waals surface area contributed by atoms with Crippen molar-refractivity contribution in [1.29, 1.82) is 5.26 Å². The third-order valence-electron chi connectivity index (χ3n) is 1.84. The third kappa shape index (κ3) is 2.35. The molecule has 0 aliphatic heterocycles. The minimum Gasteiger partial charge on any atom is -0.198 e. The second kappa shape index (κ2) is 4.27. The van der Waals surface area contributed by atoms with Gasteiger partial charge in [0.25, 0.3) is 0 Å². The number of nitriles is 1. The largest absolute Gasteiger partial charge is 0.198 e. The van der Waals surface area contributed by atoms with Gasteiger partial charge in [0.2, 0.25) is 0 Å². The average molecular weight is 224 g/mol. The summed E-state index contributed by atoms with van der Waals surface area (Å²) in [5.74, 6) is 0.336. The molecule has 1 unspecified atom stereocenters. The van der Waals surface area contributed by atoms with Crippen LogP contribution in [0.4, 0.5) is 0 Å². The second-order valence-corrected chi connectivity index (χ2v) is 3.73. The van der Waals surface area contributed by atoms with E-state index in [1.54, 1.807) is 0 Å². The van der Waals surface area contributed by atoms with E-state index in [-0.39, 0.29) is 0 Å². The van der Waals surface area contributed by atoms with E-state index < -0.39 is 0 Å². The van der Waals surface area contributed by atoms with Gasteiger partial charge in [0.1, 0.15) is 0 Å². The Morgan fingerprint density at radius 1 is 1.42 bits per heavy atom. The highest BCUT2D eigenvalue weighted by Crippen LogP contribution is 2.20. The molecular weight excluding hydrogens is 214 g/mol. The van der Waals surface area contributed by atoms with E-state index in [0.717, 1.165) is 4.47 Å². The molecule has 0 spiro atoms. The van der Waals surface area contributed by atoms with Gasteiger partial charge in [-0.3, -0.25) is 0 Å². The Labute approximate surface area is 81.2 Å². The van der Waals surface area contributed by atoms with Gasteiger partial charge in [0, 0.05) is 10.9 Å². The maximum atomic E-state index is 8.49. The summed E-state index contributed by atoms with van der Waals surface area (Å²) < 4.78 is 1.08. The molecule has 0 N–H and O–H groups in total. The molecule has 12 heavy (non-hydrogen) atoms. The molecule has 0 amide bonds. The first-order chi connectivity index (χ1) is 5.74. The third-order valence-corrected chi connectivity index (χ3v) is 2.37. The number of rotatable bonds is 2. The van der Waals surface area contributed by atoms with Gasteiger partial charge in [0.15, 0.2) is 0 Å². The minimum atomic E-state index is 0.336. The molecule has 0 saturated carbocycles. The molecule has 0 radical (unpaired) electrons. The summed E-state index contributed by atoms with van der Waals surface area (Å²) >= 11 is 3.37. The molecule has 0 heterocycles. The van der Waals surface area contributed by atoms with Crippen molar-refractivity contribution in [3.8, 4) is 6.07 Å². The van der Waals surface area contributed by atoms with Crippen molar-refractivity contribution >= 4 is 15.9 Å². The molecule has 2 heteroatoms. The lowest BCUT2D eigenvalue weighted by Gasteiger charge is -2.06.